The van der Waals surface area contributed by atoms with E-state index in [9.17, 15) is 14.3 Å². The van der Waals surface area contributed by atoms with Gasteiger partial charge in [-0.1, -0.05) is 48.5 Å². The maximum atomic E-state index is 14.1. The van der Waals surface area contributed by atoms with Gasteiger partial charge in [-0.2, -0.15) is 0 Å². The largest absolute Gasteiger partial charge is 0.497 e. The summed E-state index contributed by atoms with van der Waals surface area (Å²) < 4.78 is 25.2. The number of halogens is 1. The van der Waals surface area contributed by atoms with E-state index in [0.717, 1.165) is 19.3 Å². The summed E-state index contributed by atoms with van der Waals surface area (Å²) in [5.41, 5.74) is 4.48. The molecule has 5 nitrogen and oxygen atoms in total. The molecule has 0 spiro atoms. The first kappa shape index (κ1) is 24.0. The molecule has 1 amide bonds. The Labute approximate surface area is 216 Å². The van der Waals surface area contributed by atoms with Crippen LogP contribution in [0.5, 0.6) is 5.75 Å². The van der Waals surface area contributed by atoms with Crippen LogP contribution in [0.1, 0.15) is 54.7 Å². The monoisotopic (exact) mass is 501 g/mol. The van der Waals surface area contributed by atoms with Crippen molar-refractivity contribution in [2.75, 3.05) is 13.7 Å². The summed E-state index contributed by atoms with van der Waals surface area (Å²) in [6.07, 6.45) is 3.61. The van der Waals surface area contributed by atoms with Gasteiger partial charge in [0.05, 0.1) is 12.7 Å². The number of carbonyl (C=O) groups is 1. The van der Waals surface area contributed by atoms with Crippen LogP contribution in [0.3, 0.4) is 0 Å². The maximum Gasteiger partial charge on any atom is 0.410 e. The molecule has 0 aromatic heterocycles. The van der Waals surface area contributed by atoms with Crippen LogP contribution in [0.4, 0.5) is 9.18 Å². The molecule has 3 aromatic carbocycles. The number of rotatable bonds is 5. The Kier molecular flexibility index (Phi) is 6.15. The van der Waals surface area contributed by atoms with Crippen LogP contribution in [0.15, 0.2) is 66.7 Å². The van der Waals surface area contributed by atoms with Gasteiger partial charge < -0.3 is 19.5 Å². The van der Waals surface area contributed by atoms with E-state index in [4.69, 9.17) is 9.47 Å². The van der Waals surface area contributed by atoms with Crippen LogP contribution in [0.2, 0.25) is 0 Å². The van der Waals surface area contributed by atoms with Gasteiger partial charge in [-0.25, -0.2) is 9.18 Å². The fourth-order valence-corrected chi connectivity index (χ4v) is 6.86. The van der Waals surface area contributed by atoms with Crippen molar-refractivity contribution >= 4 is 6.09 Å². The Morgan fingerprint density at radius 3 is 2.24 bits per heavy atom. The molecule has 2 atom stereocenters. The van der Waals surface area contributed by atoms with Gasteiger partial charge in [0.25, 0.3) is 0 Å². The maximum absolute atomic E-state index is 14.1. The van der Waals surface area contributed by atoms with Crippen molar-refractivity contribution in [3.8, 4) is 16.9 Å². The average Bonchev–Trinajstić information content (AvgIpc) is 3.20. The summed E-state index contributed by atoms with van der Waals surface area (Å²) in [7, 11) is 1.50. The van der Waals surface area contributed by atoms with Crippen LogP contribution in [0.25, 0.3) is 11.1 Å². The molecule has 1 aliphatic carbocycles. The zero-order valence-electron chi connectivity index (χ0n) is 21.0. The van der Waals surface area contributed by atoms with Crippen molar-refractivity contribution in [1.82, 2.24) is 4.90 Å². The van der Waals surface area contributed by atoms with E-state index < -0.39 is 5.60 Å². The normalized spacial score (nSPS) is 24.4. The molecule has 37 heavy (non-hydrogen) atoms. The van der Waals surface area contributed by atoms with Crippen molar-refractivity contribution in [2.24, 2.45) is 0 Å². The topological polar surface area (TPSA) is 59.0 Å². The molecule has 192 valence electrons. The number of hydrogen-bond acceptors (Lipinski definition) is 4. The van der Waals surface area contributed by atoms with Gasteiger partial charge in [0, 0.05) is 30.5 Å². The number of fused-ring (bicyclic) bond motifs is 5. The molecule has 0 saturated carbocycles. The number of amides is 1. The third-order valence-corrected chi connectivity index (χ3v) is 8.34. The van der Waals surface area contributed by atoms with E-state index in [0.29, 0.717) is 30.6 Å². The summed E-state index contributed by atoms with van der Waals surface area (Å²) in [4.78, 5) is 15.3. The highest BCUT2D eigenvalue weighted by atomic mass is 19.1. The lowest BCUT2D eigenvalue weighted by Gasteiger charge is -2.51. The summed E-state index contributed by atoms with van der Waals surface area (Å²) in [5, 5.41) is 11.6. The molecular formula is C31H32FNO4. The predicted octanol–water partition coefficient (Wildman–Crippen LogP) is 6.07. The third kappa shape index (κ3) is 4.48. The predicted molar refractivity (Wildman–Crippen MR) is 139 cm³/mol. The Bertz CT molecular complexity index is 1260. The molecule has 3 aliphatic rings. The second-order valence-electron chi connectivity index (χ2n) is 10.8. The number of hydrogen-bond donors (Lipinski definition) is 1. The van der Waals surface area contributed by atoms with Gasteiger partial charge >= 0.3 is 6.09 Å². The molecule has 3 aromatic rings. The number of nitrogens with zero attached hydrogens (tertiary/aromatic N) is 1. The highest BCUT2D eigenvalue weighted by Crippen LogP contribution is 2.45. The quantitative estimate of drug-likeness (QED) is 0.461. The first-order valence-corrected chi connectivity index (χ1v) is 13.1. The minimum Gasteiger partial charge on any atom is -0.497 e. The number of carbonyl (C=O) groups excluding carboxylic acids is 1. The minimum absolute atomic E-state index is 0.0147. The Morgan fingerprint density at radius 2 is 1.62 bits per heavy atom. The third-order valence-electron chi connectivity index (χ3n) is 8.34. The van der Waals surface area contributed by atoms with E-state index in [1.165, 1.54) is 41.5 Å². The van der Waals surface area contributed by atoms with E-state index in [1.807, 2.05) is 29.2 Å². The average molecular weight is 502 g/mol. The molecule has 6 rings (SSSR count). The van der Waals surface area contributed by atoms with Crippen LogP contribution in [0, 0.1) is 5.82 Å². The van der Waals surface area contributed by atoms with Gasteiger partial charge in [-0.05, 0) is 72.1 Å². The zero-order valence-corrected chi connectivity index (χ0v) is 21.0. The molecular weight excluding hydrogens is 469 g/mol. The Hall–Kier alpha value is -3.38. The van der Waals surface area contributed by atoms with Crippen molar-refractivity contribution in [2.45, 2.75) is 62.1 Å². The number of ether oxygens (including phenoxy) is 2. The first-order valence-electron chi connectivity index (χ1n) is 13.1. The van der Waals surface area contributed by atoms with E-state index in [-0.39, 0.29) is 36.5 Å². The molecule has 2 aliphatic heterocycles. The number of aliphatic hydroxyl groups is 1. The highest BCUT2D eigenvalue weighted by molar-refractivity contribution is 5.79. The molecule has 1 N–H and O–H groups in total. The van der Waals surface area contributed by atoms with Gasteiger partial charge in [0.15, 0.2) is 0 Å². The van der Waals surface area contributed by atoms with E-state index >= 15 is 0 Å². The van der Waals surface area contributed by atoms with Crippen molar-refractivity contribution < 1.29 is 23.8 Å². The summed E-state index contributed by atoms with van der Waals surface area (Å²) in [5.74, 6) is 0.0740. The minimum atomic E-state index is -1.01. The second kappa shape index (κ2) is 9.49. The molecule has 2 saturated heterocycles. The molecule has 0 radical (unpaired) electrons. The summed E-state index contributed by atoms with van der Waals surface area (Å²) >= 11 is 0. The van der Waals surface area contributed by atoms with Crippen LogP contribution in [-0.4, -0.2) is 47.5 Å². The van der Waals surface area contributed by atoms with Crippen molar-refractivity contribution in [3.63, 3.8) is 0 Å². The molecule has 2 bridgehead atoms. The molecule has 2 fully saturated rings. The number of benzene rings is 3. The van der Waals surface area contributed by atoms with Gasteiger partial charge in [0.2, 0.25) is 0 Å². The van der Waals surface area contributed by atoms with E-state index in [1.54, 1.807) is 6.07 Å². The highest BCUT2D eigenvalue weighted by Gasteiger charge is 2.48. The van der Waals surface area contributed by atoms with Gasteiger partial charge in [-0.15, -0.1) is 0 Å². The lowest BCUT2D eigenvalue weighted by Crippen LogP contribution is -2.60. The lowest BCUT2D eigenvalue weighted by molar-refractivity contribution is -0.0840. The van der Waals surface area contributed by atoms with Crippen molar-refractivity contribution in [1.29, 1.82) is 0 Å². The Morgan fingerprint density at radius 1 is 1.00 bits per heavy atom. The van der Waals surface area contributed by atoms with Crippen molar-refractivity contribution in [3.05, 3.63) is 89.2 Å². The number of methoxy groups -OCH3 is 1. The standard InChI is InChI=1S/C31H32FNO4/c1-36-24-14-20(13-21(32)15-24)16-31(35)17-22-7-6-8-23(18-31)33(22)30(34)37-19-29-27-11-4-2-9-25(27)26-10-3-5-12-28(26)29/h2-5,9-15,22-23,29,35H,6-8,16-19H2,1H3. The second-order valence-corrected chi connectivity index (χ2v) is 10.8. The molecule has 2 heterocycles. The van der Waals surface area contributed by atoms with Gasteiger partial charge in [-0.3, -0.25) is 0 Å². The van der Waals surface area contributed by atoms with Gasteiger partial charge in [0.1, 0.15) is 18.2 Å². The zero-order chi connectivity index (χ0) is 25.6. The van der Waals surface area contributed by atoms with E-state index in [2.05, 4.69) is 24.3 Å². The fourth-order valence-electron chi connectivity index (χ4n) is 6.86. The smallest absolute Gasteiger partial charge is 0.410 e. The molecule has 2 unspecified atom stereocenters. The van der Waals surface area contributed by atoms with Crippen LogP contribution >= 0.6 is 0 Å². The fraction of sp³-hybridized carbons (Fsp3) is 0.387. The summed E-state index contributed by atoms with van der Waals surface area (Å²) in [6.45, 7) is 0.288. The first-order chi connectivity index (χ1) is 17.9. The number of piperidine rings is 2. The lowest BCUT2D eigenvalue weighted by atomic mass is 9.73. The molecule has 6 heteroatoms. The van der Waals surface area contributed by atoms with Crippen LogP contribution in [-0.2, 0) is 11.2 Å². The van der Waals surface area contributed by atoms with Crippen LogP contribution < -0.4 is 4.74 Å². The summed E-state index contributed by atoms with van der Waals surface area (Å²) in [6, 6.07) is 21.0. The Balaban J connectivity index is 1.17. The SMILES string of the molecule is COc1cc(F)cc(CC2(O)CC3CCCC(C2)N3C(=O)OCC2c3ccccc3-c3ccccc32)c1.